The van der Waals surface area contributed by atoms with E-state index in [2.05, 4.69) is 5.32 Å². The first-order valence-electron chi connectivity index (χ1n) is 7.02. The molecule has 3 rings (SSSR count). The quantitative estimate of drug-likeness (QED) is 0.674. The molecule has 1 amide bonds. The minimum Gasteiger partial charge on any atom is -0.457 e. The second-order valence-corrected chi connectivity index (χ2v) is 6.87. The second-order valence-electron chi connectivity index (χ2n) is 4.97. The lowest BCUT2D eigenvalue weighted by Crippen LogP contribution is -2.19. The van der Waals surface area contributed by atoms with Gasteiger partial charge in [0.2, 0.25) is 5.91 Å². The number of hydrogen-bond acceptors (Lipinski definition) is 5. The number of anilines is 1. The van der Waals surface area contributed by atoms with Gasteiger partial charge < -0.3 is 10.1 Å². The summed E-state index contributed by atoms with van der Waals surface area (Å²) in [5.41, 5.74) is 2.05. The van der Waals surface area contributed by atoms with E-state index in [0.29, 0.717) is 17.0 Å². The number of amides is 1. The standard InChI is InChI=1S/C17H15NO3S2/c1-22-13-5-2-11(3-6-13)9-21-17(20)12-4-7-15-14(8-12)18-16(19)10-23-15/h2-8H,9-10H2,1H3,(H,18,19). The first-order valence-corrected chi connectivity index (χ1v) is 9.23. The Hall–Kier alpha value is -1.92. The molecule has 1 N–H and O–H groups in total. The number of ether oxygens (including phenoxy) is 1. The molecule has 0 unspecified atom stereocenters. The third-order valence-corrected chi connectivity index (χ3v) is 5.19. The lowest BCUT2D eigenvalue weighted by Gasteiger charge is -2.16. The zero-order chi connectivity index (χ0) is 16.2. The normalized spacial score (nSPS) is 13.2. The van der Waals surface area contributed by atoms with Crippen LogP contribution >= 0.6 is 23.5 Å². The van der Waals surface area contributed by atoms with Crippen molar-refractivity contribution in [3.05, 3.63) is 53.6 Å². The van der Waals surface area contributed by atoms with Gasteiger partial charge in [0.25, 0.3) is 0 Å². The van der Waals surface area contributed by atoms with Crippen LogP contribution in [-0.2, 0) is 16.1 Å². The van der Waals surface area contributed by atoms with Gasteiger partial charge in [-0.05, 0) is 42.2 Å². The predicted octanol–water partition coefficient (Wildman–Crippen LogP) is 3.81. The molecule has 0 saturated heterocycles. The van der Waals surface area contributed by atoms with Crippen LogP contribution < -0.4 is 5.32 Å². The Morgan fingerprint density at radius 2 is 2.04 bits per heavy atom. The lowest BCUT2D eigenvalue weighted by molar-refractivity contribution is -0.113. The molecule has 1 aliphatic rings. The maximum atomic E-state index is 12.2. The van der Waals surface area contributed by atoms with E-state index in [-0.39, 0.29) is 12.5 Å². The van der Waals surface area contributed by atoms with Gasteiger partial charge in [0.05, 0.1) is 17.0 Å². The highest BCUT2D eigenvalue weighted by Gasteiger charge is 2.17. The van der Waals surface area contributed by atoms with Crippen molar-refractivity contribution in [2.75, 3.05) is 17.3 Å². The molecule has 6 heteroatoms. The van der Waals surface area contributed by atoms with Gasteiger partial charge in [0.1, 0.15) is 6.61 Å². The minimum atomic E-state index is -0.397. The number of esters is 1. The summed E-state index contributed by atoms with van der Waals surface area (Å²) in [4.78, 5) is 25.7. The van der Waals surface area contributed by atoms with Gasteiger partial charge in [-0.1, -0.05) is 12.1 Å². The maximum absolute atomic E-state index is 12.2. The summed E-state index contributed by atoms with van der Waals surface area (Å²) < 4.78 is 5.34. The number of carbonyl (C=O) groups is 2. The molecular weight excluding hydrogens is 330 g/mol. The molecule has 118 valence electrons. The number of fused-ring (bicyclic) bond motifs is 1. The molecule has 1 heterocycles. The van der Waals surface area contributed by atoms with Crippen LogP contribution in [0.4, 0.5) is 5.69 Å². The van der Waals surface area contributed by atoms with E-state index in [1.54, 1.807) is 23.9 Å². The predicted molar refractivity (Wildman–Crippen MR) is 93.1 cm³/mol. The minimum absolute atomic E-state index is 0.0538. The Morgan fingerprint density at radius 3 is 2.78 bits per heavy atom. The highest BCUT2D eigenvalue weighted by molar-refractivity contribution is 8.00. The Labute approximate surface area is 143 Å². The van der Waals surface area contributed by atoms with Crippen molar-refractivity contribution in [1.29, 1.82) is 0 Å². The Balaban J connectivity index is 1.66. The van der Waals surface area contributed by atoms with Gasteiger partial charge in [0, 0.05) is 9.79 Å². The van der Waals surface area contributed by atoms with Gasteiger partial charge in [0.15, 0.2) is 0 Å². The van der Waals surface area contributed by atoms with Gasteiger partial charge >= 0.3 is 5.97 Å². The summed E-state index contributed by atoms with van der Waals surface area (Å²) in [5, 5.41) is 2.77. The number of hydrogen-bond donors (Lipinski definition) is 1. The summed E-state index contributed by atoms with van der Waals surface area (Å²) in [6.45, 7) is 0.228. The Bertz CT molecular complexity index is 744. The molecule has 0 fully saturated rings. The van der Waals surface area contributed by atoms with Crippen LogP contribution in [0.5, 0.6) is 0 Å². The Kier molecular flexibility index (Phi) is 4.93. The second kappa shape index (κ2) is 7.10. The highest BCUT2D eigenvalue weighted by Crippen LogP contribution is 2.32. The van der Waals surface area contributed by atoms with Crippen LogP contribution in [-0.4, -0.2) is 23.9 Å². The number of benzene rings is 2. The van der Waals surface area contributed by atoms with Crippen molar-refractivity contribution in [2.24, 2.45) is 0 Å². The smallest absolute Gasteiger partial charge is 0.338 e. The fourth-order valence-electron chi connectivity index (χ4n) is 2.16. The zero-order valence-electron chi connectivity index (χ0n) is 12.5. The van der Waals surface area contributed by atoms with E-state index in [1.807, 2.05) is 36.6 Å². The summed E-state index contributed by atoms with van der Waals surface area (Å²) in [6.07, 6.45) is 2.02. The molecular formula is C17H15NO3S2. The van der Waals surface area contributed by atoms with Gasteiger partial charge in [-0.25, -0.2) is 4.79 Å². The summed E-state index contributed by atoms with van der Waals surface area (Å²) >= 11 is 3.13. The molecule has 0 radical (unpaired) electrons. The Morgan fingerprint density at radius 1 is 1.26 bits per heavy atom. The monoisotopic (exact) mass is 345 g/mol. The molecule has 0 bridgehead atoms. The highest BCUT2D eigenvalue weighted by atomic mass is 32.2. The number of nitrogens with one attached hydrogen (secondary N) is 1. The largest absolute Gasteiger partial charge is 0.457 e. The van der Waals surface area contributed by atoms with Crippen molar-refractivity contribution < 1.29 is 14.3 Å². The average molecular weight is 345 g/mol. The first kappa shape index (κ1) is 16.0. The number of thioether (sulfide) groups is 2. The third-order valence-electron chi connectivity index (χ3n) is 3.38. The molecule has 0 saturated carbocycles. The topological polar surface area (TPSA) is 55.4 Å². The average Bonchev–Trinajstić information content (AvgIpc) is 2.59. The molecule has 2 aromatic carbocycles. The van der Waals surface area contributed by atoms with Crippen LogP contribution in [0.15, 0.2) is 52.3 Å². The van der Waals surface area contributed by atoms with Crippen molar-refractivity contribution in [2.45, 2.75) is 16.4 Å². The maximum Gasteiger partial charge on any atom is 0.338 e. The van der Waals surface area contributed by atoms with Gasteiger partial charge in [-0.3, -0.25) is 4.79 Å². The fraction of sp³-hybridized carbons (Fsp3) is 0.176. The molecule has 4 nitrogen and oxygen atoms in total. The van der Waals surface area contributed by atoms with Crippen LogP contribution in [0.25, 0.3) is 0 Å². The summed E-state index contributed by atoms with van der Waals surface area (Å²) in [7, 11) is 0. The third kappa shape index (κ3) is 3.89. The van der Waals surface area contributed by atoms with Crippen molar-refractivity contribution in [3.63, 3.8) is 0 Å². The van der Waals surface area contributed by atoms with E-state index >= 15 is 0 Å². The zero-order valence-corrected chi connectivity index (χ0v) is 14.1. The molecule has 0 aromatic heterocycles. The summed E-state index contributed by atoms with van der Waals surface area (Å²) in [5.74, 6) is -0.0449. The van der Waals surface area contributed by atoms with Gasteiger partial charge in [-0.2, -0.15) is 0 Å². The molecule has 23 heavy (non-hydrogen) atoms. The molecule has 2 aromatic rings. The van der Waals surface area contributed by atoms with Crippen molar-refractivity contribution in [1.82, 2.24) is 0 Å². The van der Waals surface area contributed by atoms with Crippen molar-refractivity contribution in [3.8, 4) is 0 Å². The number of rotatable bonds is 4. The lowest BCUT2D eigenvalue weighted by atomic mass is 10.2. The molecule has 0 spiro atoms. The summed E-state index contributed by atoms with van der Waals surface area (Å²) in [6, 6.07) is 13.1. The van der Waals surface area contributed by atoms with Crippen LogP contribution in [0.3, 0.4) is 0 Å². The van der Waals surface area contributed by atoms with E-state index in [1.165, 1.54) is 16.7 Å². The van der Waals surface area contributed by atoms with Gasteiger partial charge in [-0.15, -0.1) is 23.5 Å². The molecule has 0 atom stereocenters. The van der Waals surface area contributed by atoms with E-state index in [4.69, 9.17) is 4.74 Å². The molecule has 1 aliphatic heterocycles. The van der Waals surface area contributed by atoms with Crippen molar-refractivity contribution >= 4 is 41.1 Å². The first-order chi connectivity index (χ1) is 11.2. The van der Waals surface area contributed by atoms with E-state index in [9.17, 15) is 9.59 Å². The van der Waals surface area contributed by atoms with E-state index < -0.39 is 5.97 Å². The molecule has 0 aliphatic carbocycles. The fourth-order valence-corrected chi connectivity index (χ4v) is 3.36. The van der Waals surface area contributed by atoms with Crippen LogP contribution in [0.1, 0.15) is 15.9 Å². The SMILES string of the molecule is CSc1ccc(COC(=O)c2ccc3c(c2)NC(=O)CS3)cc1. The van der Waals surface area contributed by atoms with Crippen LogP contribution in [0, 0.1) is 0 Å². The van der Waals surface area contributed by atoms with Crippen LogP contribution in [0.2, 0.25) is 0 Å². The van der Waals surface area contributed by atoms with E-state index in [0.717, 1.165) is 10.5 Å². The number of carbonyl (C=O) groups excluding carboxylic acids is 2.